The molecule has 0 saturated heterocycles. The van der Waals surface area contributed by atoms with Crippen molar-refractivity contribution in [2.45, 2.75) is 44.6 Å². The maximum absolute atomic E-state index is 11.1. The van der Waals surface area contributed by atoms with Crippen LogP contribution in [0, 0.1) is 0 Å². The van der Waals surface area contributed by atoms with Crippen molar-refractivity contribution >= 4 is 5.97 Å². The van der Waals surface area contributed by atoms with Crippen LogP contribution in [-0.2, 0) is 9.53 Å². The molecule has 1 unspecified atom stereocenters. The summed E-state index contributed by atoms with van der Waals surface area (Å²) in [7, 11) is 0. The molecule has 0 fully saturated rings. The Bertz CT molecular complexity index is 199. The third-order valence-electron chi connectivity index (χ3n) is 2.27. The highest BCUT2D eigenvalue weighted by Crippen LogP contribution is 2.07. The van der Waals surface area contributed by atoms with Crippen molar-refractivity contribution < 1.29 is 14.6 Å². The molecule has 0 aliphatic carbocycles. The van der Waals surface area contributed by atoms with Crippen molar-refractivity contribution in [2.75, 3.05) is 6.61 Å². The molecule has 1 atom stereocenters. The molecule has 0 saturated carbocycles. The molecule has 0 aromatic rings. The third kappa shape index (κ3) is 5.02. The maximum Gasteiger partial charge on any atom is 0.305 e. The molecule has 0 bridgehead atoms. The molecule has 1 N–H and O–H groups in total. The fraction of sp³-hybridized carbons (Fsp3) is 0.727. The van der Waals surface area contributed by atoms with Gasteiger partial charge in [0.25, 0.3) is 0 Å². The Morgan fingerprint density at radius 3 is 3.07 bits per heavy atom. The van der Waals surface area contributed by atoms with E-state index in [9.17, 15) is 9.90 Å². The molecule has 1 heterocycles. The fourth-order valence-electron chi connectivity index (χ4n) is 1.43. The zero-order valence-corrected chi connectivity index (χ0v) is 8.45. The normalized spacial score (nSPS) is 28.4. The standard InChI is InChI=1S/C11H18O3/c12-10-6-3-1-2-4-8-11(13)14-9-5-7-10/h1,3,10,12H,2,4-9H2/b3-1-. The maximum atomic E-state index is 11.1. The molecule has 0 spiro atoms. The molecule has 3 nitrogen and oxygen atoms in total. The van der Waals surface area contributed by atoms with Gasteiger partial charge in [0.05, 0.1) is 12.7 Å². The van der Waals surface area contributed by atoms with Gasteiger partial charge in [0.2, 0.25) is 0 Å². The molecular formula is C11H18O3. The van der Waals surface area contributed by atoms with Crippen LogP contribution in [0.25, 0.3) is 0 Å². The van der Waals surface area contributed by atoms with E-state index in [1.807, 2.05) is 12.2 Å². The van der Waals surface area contributed by atoms with Gasteiger partial charge in [0, 0.05) is 6.42 Å². The monoisotopic (exact) mass is 198 g/mol. The van der Waals surface area contributed by atoms with Crippen LogP contribution < -0.4 is 0 Å². The molecular weight excluding hydrogens is 180 g/mol. The molecule has 1 aliphatic rings. The molecule has 14 heavy (non-hydrogen) atoms. The fourth-order valence-corrected chi connectivity index (χ4v) is 1.43. The van der Waals surface area contributed by atoms with Crippen molar-refractivity contribution in [1.29, 1.82) is 0 Å². The first-order chi connectivity index (χ1) is 6.79. The van der Waals surface area contributed by atoms with E-state index >= 15 is 0 Å². The summed E-state index contributed by atoms with van der Waals surface area (Å²) in [5.41, 5.74) is 0. The number of hydrogen-bond donors (Lipinski definition) is 1. The highest BCUT2D eigenvalue weighted by Gasteiger charge is 2.05. The molecule has 80 valence electrons. The summed E-state index contributed by atoms with van der Waals surface area (Å²) in [5.74, 6) is -0.117. The predicted molar refractivity (Wildman–Crippen MR) is 53.8 cm³/mol. The van der Waals surface area contributed by atoms with Gasteiger partial charge in [-0.3, -0.25) is 4.79 Å². The van der Waals surface area contributed by atoms with Crippen LogP contribution in [0.1, 0.15) is 38.5 Å². The van der Waals surface area contributed by atoms with Gasteiger partial charge in [-0.2, -0.15) is 0 Å². The Hall–Kier alpha value is -0.830. The lowest BCUT2D eigenvalue weighted by molar-refractivity contribution is -0.144. The van der Waals surface area contributed by atoms with Crippen LogP contribution in [0.5, 0.6) is 0 Å². The average molecular weight is 198 g/mol. The molecule has 0 aromatic heterocycles. The lowest BCUT2D eigenvalue weighted by Gasteiger charge is -2.09. The number of rotatable bonds is 0. The van der Waals surface area contributed by atoms with Crippen LogP contribution in [0.3, 0.4) is 0 Å². The minimum atomic E-state index is -0.288. The van der Waals surface area contributed by atoms with Crippen molar-refractivity contribution in [1.82, 2.24) is 0 Å². The molecule has 1 rings (SSSR count). The number of allylic oxidation sites excluding steroid dienone is 1. The summed E-state index contributed by atoms with van der Waals surface area (Å²) in [5, 5.41) is 9.47. The Morgan fingerprint density at radius 2 is 2.21 bits per heavy atom. The van der Waals surface area contributed by atoms with Crippen LogP contribution >= 0.6 is 0 Å². The minimum absolute atomic E-state index is 0.117. The first-order valence-corrected chi connectivity index (χ1v) is 5.28. The first-order valence-electron chi connectivity index (χ1n) is 5.28. The van der Waals surface area contributed by atoms with E-state index in [1.54, 1.807) is 0 Å². The van der Waals surface area contributed by atoms with Gasteiger partial charge >= 0.3 is 5.97 Å². The van der Waals surface area contributed by atoms with E-state index < -0.39 is 0 Å². The number of cyclic esters (lactones) is 1. The van der Waals surface area contributed by atoms with Gasteiger partial charge in [-0.05, 0) is 32.1 Å². The van der Waals surface area contributed by atoms with E-state index in [0.717, 1.165) is 19.3 Å². The highest BCUT2D eigenvalue weighted by molar-refractivity contribution is 5.69. The topological polar surface area (TPSA) is 46.5 Å². The lowest BCUT2D eigenvalue weighted by atomic mass is 10.1. The molecule has 0 radical (unpaired) electrons. The molecule has 0 amide bonds. The second kappa shape index (κ2) is 6.60. The summed E-state index contributed by atoms with van der Waals surface area (Å²) >= 11 is 0. The van der Waals surface area contributed by atoms with Gasteiger partial charge < -0.3 is 9.84 Å². The molecule has 3 heteroatoms. The summed E-state index contributed by atoms with van der Waals surface area (Å²) < 4.78 is 4.99. The minimum Gasteiger partial charge on any atom is -0.466 e. The van der Waals surface area contributed by atoms with Crippen LogP contribution in [0.2, 0.25) is 0 Å². The van der Waals surface area contributed by atoms with Crippen molar-refractivity contribution in [3.05, 3.63) is 12.2 Å². The van der Waals surface area contributed by atoms with E-state index in [1.165, 1.54) is 0 Å². The van der Waals surface area contributed by atoms with Gasteiger partial charge in [0.1, 0.15) is 0 Å². The zero-order valence-electron chi connectivity index (χ0n) is 8.45. The smallest absolute Gasteiger partial charge is 0.305 e. The summed E-state index contributed by atoms with van der Waals surface area (Å²) in [6.45, 7) is 0.444. The van der Waals surface area contributed by atoms with E-state index in [4.69, 9.17) is 4.74 Å². The van der Waals surface area contributed by atoms with Crippen molar-refractivity contribution in [3.63, 3.8) is 0 Å². The van der Waals surface area contributed by atoms with E-state index in [0.29, 0.717) is 25.9 Å². The largest absolute Gasteiger partial charge is 0.466 e. The summed E-state index contributed by atoms with van der Waals surface area (Å²) in [4.78, 5) is 11.1. The summed E-state index contributed by atoms with van der Waals surface area (Å²) in [6.07, 6.45) is 8.15. The number of ether oxygens (including phenoxy) is 1. The number of hydrogen-bond acceptors (Lipinski definition) is 3. The number of aliphatic hydroxyl groups is 1. The number of esters is 1. The van der Waals surface area contributed by atoms with Crippen LogP contribution in [-0.4, -0.2) is 23.8 Å². The third-order valence-corrected chi connectivity index (χ3v) is 2.27. The second-order valence-corrected chi connectivity index (χ2v) is 3.62. The summed E-state index contributed by atoms with van der Waals surface area (Å²) in [6, 6.07) is 0. The van der Waals surface area contributed by atoms with Gasteiger partial charge in [0.15, 0.2) is 0 Å². The Morgan fingerprint density at radius 1 is 1.36 bits per heavy atom. The number of carbonyl (C=O) groups excluding carboxylic acids is 1. The quantitative estimate of drug-likeness (QED) is 0.477. The lowest BCUT2D eigenvalue weighted by Crippen LogP contribution is -2.10. The molecule has 0 aromatic carbocycles. The van der Waals surface area contributed by atoms with Gasteiger partial charge in [-0.15, -0.1) is 0 Å². The Kier molecular flexibility index (Phi) is 5.30. The van der Waals surface area contributed by atoms with Crippen LogP contribution in [0.15, 0.2) is 12.2 Å². The van der Waals surface area contributed by atoms with Crippen molar-refractivity contribution in [2.24, 2.45) is 0 Å². The predicted octanol–water partition coefficient (Wildman–Crippen LogP) is 1.80. The van der Waals surface area contributed by atoms with Gasteiger partial charge in [-0.1, -0.05) is 12.2 Å². The van der Waals surface area contributed by atoms with Crippen molar-refractivity contribution in [3.8, 4) is 0 Å². The Labute approximate surface area is 84.8 Å². The van der Waals surface area contributed by atoms with E-state index in [2.05, 4.69) is 0 Å². The highest BCUT2D eigenvalue weighted by atomic mass is 16.5. The number of carbonyl (C=O) groups is 1. The van der Waals surface area contributed by atoms with E-state index in [-0.39, 0.29) is 12.1 Å². The number of aliphatic hydroxyl groups excluding tert-OH is 1. The van der Waals surface area contributed by atoms with Crippen LogP contribution in [0.4, 0.5) is 0 Å². The average Bonchev–Trinajstić information content (AvgIpc) is 2.16. The zero-order chi connectivity index (χ0) is 10.2. The Balaban J connectivity index is 2.33. The molecule has 1 aliphatic heterocycles. The first kappa shape index (κ1) is 11.2. The SMILES string of the molecule is O=C1CCC/C=C\CC(O)CCCO1. The second-order valence-electron chi connectivity index (χ2n) is 3.62. The van der Waals surface area contributed by atoms with Gasteiger partial charge in [-0.25, -0.2) is 0 Å².